The van der Waals surface area contributed by atoms with E-state index >= 15 is 0 Å². The van der Waals surface area contributed by atoms with Gasteiger partial charge in [-0.05, 0) is 53.1 Å². The Kier molecular flexibility index (Phi) is 6.83. The standard InChI is InChI=1S/C29H22N2O8/c32-25(33)16-24(28(35)36)31-27(34)23-15-22(14-19(26(23)30-29(31)37)13-21-7-4-12-38-21)39-20-10-8-18(9-11-20)17-5-2-1-3-6-17/h1-12,14-15,24H,13,16H2,(H,30,37)(H,32,33)(H,35,36). The van der Waals surface area contributed by atoms with Gasteiger partial charge < -0.3 is 24.4 Å². The molecule has 0 aliphatic rings. The number of aliphatic carboxylic acids is 2. The number of benzene rings is 3. The number of aromatic amines is 1. The first kappa shape index (κ1) is 25.3. The van der Waals surface area contributed by atoms with Crippen molar-refractivity contribution >= 4 is 22.8 Å². The van der Waals surface area contributed by atoms with Crippen LogP contribution in [0.5, 0.6) is 11.5 Å². The molecule has 39 heavy (non-hydrogen) atoms. The van der Waals surface area contributed by atoms with E-state index in [9.17, 15) is 24.3 Å². The summed E-state index contributed by atoms with van der Waals surface area (Å²) in [5.41, 5.74) is 0.696. The number of nitrogens with one attached hydrogen (secondary N) is 1. The Morgan fingerprint density at radius 3 is 2.26 bits per heavy atom. The van der Waals surface area contributed by atoms with Gasteiger partial charge in [-0.25, -0.2) is 14.2 Å². The van der Waals surface area contributed by atoms with Gasteiger partial charge in [0.15, 0.2) is 0 Å². The first-order chi connectivity index (χ1) is 18.8. The van der Waals surface area contributed by atoms with E-state index in [0.717, 1.165) is 11.1 Å². The van der Waals surface area contributed by atoms with Crippen LogP contribution in [0.1, 0.15) is 23.8 Å². The van der Waals surface area contributed by atoms with E-state index in [1.807, 2.05) is 42.5 Å². The average Bonchev–Trinajstić information content (AvgIpc) is 3.43. The smallest absolute Gasteiger partial charge is 0.329 e. The maximum Gasteiger partial charge on any atom is 0.329 e. The highest BCUT2D eigenvalue weighted by Crippen LogP contribution is 2.30. The van der Waals surface area contributed by atoms with Gasteiger partial charge in [0, 0.05) is 6.42 Å². The van der Waals surface area contributed by atoms with Crippen LogP contribution in [0.3, 0.4) is 0 Å². The summed E-state index contributed by atoms with van der Waals surface area (Å²) in [7, 11) is 0. The third-order valence-corrected chi connectivity index (χ3v) is 6.20. The van der Waals surface area contributed by atoms with Crippen molar-refractivity contribution in [2.24, 2.45) is 0 Å². The van der Waals surface area contributed by atoms with E-state index in [-0.39, 0.29) is 23.1 Å². The largest absolute Gasteiger partial charge is 0.481 e. The number of fused-ring (bicyclic) bond motifs is 1. The maximum atomic E-state index is 13.4. The molecule has 5 rings (SSSR count). The third-order valence-electron chi connectivity index (χ3n) is 6.20. The average molecular weight is 527 g/mol. The zero-order valence-electron chi connectivity index (χ0n) is 20.4. The predicted molar refractivity (Wildman–Crippen MR) is 141 cm³/mol. The molecule has 1 atom stereocenters. The van der Waals surface area contributed by atoms with Crippen LogP contribution in [0.2, 0.25) is 0 Å². The molecule has 0 fully saturated rings. The number of ether oxygens (including phenoxy) is 1. The Hall–Kier alpha value is -5.38. The van der Waals surface area contributed by atoms with Gasteiger partial charge in [0.2, 0.25) is 0 Å². The van der Waals surface area contributed by atoms with E-state index in [4.69, 9.17) is 14.3 Å². The van der Waals surface area contributed by atoms with Crippen LogP contribution in [0, 0.1) is 0 Å². The summed E-state index contributed by atoms with van der Waals surface area (Å²) >= 11 is 0. The molecule has 2 heterocycles. The summed E-state index contributed by atoms with van der Waals surface area (Å²) in [6, 6.07) is 21.7. The third kappa shape index (κ3) is 5.35. The summed E-state index contributed by atoms with van der Waals surface area (Å²) < 4.78 is 11.9. The molecule has 10 heteroatoms. The number of nitrogens with zero attached hydrogens (tertiary/aromatic N) is 1. The SMILES string of the molecule is O=C(O)CC(C(=O)O)n1c(=O)[nH]c2c(Cc3ccco3)cc(Oc3ccc(-c4ccccc4)cc3)cc2c1=O. The lowest BCUT2D eigenvalue weighted by Crippen LogP contribution is -2.42. The summed E-state index contributed by atoms with van der Waals surface area (Å²) in [4.78, 5) is 51.9. The lowest BCUT2D eigenvalue weighted by atomic mass is 10.0. The van der Waals surface area contributed by atoms with E-state index in [0.29, 0.717) is 21.6 Å². The molecule has 196 valence electrons. The second-order valence-electron chi connectivity index (χ2n) is 8.81. The van der Waals surface area contributed by atoms with Gasteiger partial charge >= 0.3 is 17.6 Å². The maximum absolute atomic E-state index is 13.4. The van der Waals surface area contributed by atoms with Gasteiger partial charge in [0.1, 0.15) is 23.3 Å². The van der Waals surface area contributed by atoms with Crippen molar-refractivity contribution in [3.63, 3.8) is 0 Å². The summed E-state index contributed by atoms with van der Waals surface area (Å²) in [5.74, 6) is -1.79. The van der Waals surface area contributed by atoms with Crippen LogP contribution in [0.15, 0.2) is 99.1 Å². The molecule has 3 N–H and O–H groups in total. The highest BCUT2D eigenvalue weighted by Gasteiger charge is 2.28. The summed E-state index contributed by atoms with van der Waals surface area (Å²) in [6.07, 6.45) is 0.739. The molecule has 0 spiro atoms. The molecule has 0 saturated carbocycles. The van der Waals surface area contributed by atoms with Crippen molar-refractivity contribution in [2.45, 2.75) is 18.9 Å². The molecular formula is C29H22N2O8. The normalized spacial score (nSPS) is 11.8. The van der Waals surface area contributed by atoms with Crippen molar-refractivity contribution in [3.8, 4) is 22.6 Å². The number of aromatic nitrogens is 2. The molecule has 5 aromatic rings. The molecule has 2 aromatic heterocycles. The van der Waals surface area contributed by atoms with Gasteiger partial charge in [0.25, 0.3) is 5.56 Å². The molecule has 0 radical (unpaired) electrons. The molecular weight excluding hydrogens is 504 g/mol. The second-order valence-corrected chi connectivity index (χ2v) is 8.81. The van der Waals surface area contributed by atoms with E-state index in [2.05, 4.69) is 4.98 Å². The fourth-order valence-electron chi connectivity index (χ4n) is 4.40. The number of hydrogen-bond acceptors (Lipinski definition) is 6. The minimum atomic E-state index is -1.90. The molecule has 3 aromatic carbocycles. The van der Waals surface area contributed by atoms with Crippen LogP contribution in [0.4, 0.5) is 0 Å². The summed E-state index contributed by atoms with van der Waals surface area (Å²) in [6.45, 7) is 0. The minimum Gasteiger partial charge on any atom is -0.481 e. The lowest BCUT2D eigenvalue weighted by molar-refractivity contribution is -0.147. The highest BCUT2D eigenvalue weighted by molar-refractivity contribution is 5.84. The Balaban J connectivity index is 1.61. The molecule has 0 saturated heterocycles. The number of carboxylic acid groups (broad SMARTS) is 2. The topological polar surface area (TPSA) is 152 Å². The van der Waals surface area contributed by atoms with Crippen molar-refractivity contribution in [1.82, 2.24) is 9.55 Å². The number of carboxylic acids is 2. The second kappa shape index (κ2) is 10.5. The number of rotatable bonds is 9. The van der Waals surface area contributed by atoms with Gasteiger partial charge in [0.05, 0.1) is 23.6 Å². The molecule has 0 aliphatic heterocycles. The van der Waals surface area contributed by atoms with E-state index < -0.39 is 35.7 Å². The van der Waals surface area contributed by atoms with Gasteiger partial charge in [-0.1, -0.05) is 42.5 Å². The van der Waals surface area contributed by atoms with Gasteiger partial charge in [-0.3, -0.25) is 9.59 Å². The molecule has 0 aliphatic carbocycles. The molecule has 10 nitrogen and oxygen atoms in total. The van der Waals surface area contributed by atoms with Crippen molar-refractivity contribution in [3.05, 3.63) is 117 Å². The first-order valence-corrected chi connectivity index (χ1v) is 11.9. The number of carbonyl (C=O) groups is 2. The zero-order chi connectivity index (χ0) is 27.5. The Bertz CT molecular complexity index is 1770. The predicted octanol–water partition coefficient (Wildman–Crippen LogP) is 4.43. The van der Waals surface area contributed by atoms with Crippen molar-refractivity contribution in [1.29, 1.82) is 0 Å². The Labute approximate surface area is 220 Å². The fraction of sp³-hybridized carbons (Fsp3) is 0.103. The van der Waals surface area contributed by atoms with Gasteiger partial charge in [-0.15, -0.1) is 0 Å². The lowest BCUT2D eigenvalue weighted by Gasteiger charge is -2.16. The van der Waals surface area contributed by atoms with Crippen LogP contribution in [-0.2, 0) is 16.0 Å². The molecule has 1 unspecified atom stereocenters. The number of hydrogen-bond donors (Lipinski definition) is 3. The minimum absolute atomic E-state index is 0.0359. The van der Waals surface area contributed by atoms with Crippen LogP contribution in [0.25, 0.3) is 22.0 Å². The van der Waals surface area contributed by atoms with Crippen molar-refractivity contribution in [2.75, 3.05) is 0 Å². The quantitative estimate of drug-likeness (QED) is 0.255. The number of furan rings is 1. The molecule has 0 bridgehead atoms. The van der Waals surface area contributed by atoms with Gasteiger partial charge in [-0.2, -0.15) is 0 Å². The highest BCUT2D eigenvalue weighted by atomic mass is 16.5. The van der Waals surface area contributed by atoms with Crippen LogP contribution in [-0.4, -0.2) is 31.7 Å². The number of H-pyrrole nitrogens is 1. The Morgan fingerprint density at radius 1 is 0.897 bits per heavy atom. The molecule has 0 amide bonds. The van der Waals surface area contributed by atoms with Crippen LogP contribution >= 0.6 is 0 Å². The Morgan fingerprint density at radius 2 is 1.62 bits per heavy atom. The van der Waals surface area contributed by atoms with Crippen molar-refractivity contribution < 1.29 is 29.0 Å². The van der Waals surface area contributed by atoms with E-state index in [1.165, 1.54) is 12.3 Å². The monoisotopic (exact) mass is 526 g/mol. The fourth-order valence-corrected chi connectivity index (χ4v) is 4.40. The summed E-state index contributed by atoms with van der Waals surface area (Å²) in [5, 5.41) is 18.7. The van der Waals surface area contributed by atoms with Crippen LogP contribution < -0.4 is 16.0 Å². The zero-order valence-corrected chi connectivity index (χ0v) is 20.4. The first-order valence-electron chi connectivity index (χ1n) is 11.9. The van der Waals surface area contributed by atoms with E-state index in [1.54, 1.807) is 30.3 Å².